The van der Waals surface area contributed by atoms with E-state index >= 15 is 0 Å². The second-order valence-corrected chi connectivity index (χ2v) is 5.84. The molecule has 106 valence electrons. The smallest absolute Gasteiger partial charge is 0.272 e. The molecule has 20 heavy (non-hydrogen) atoms. The Bertz CT molecular complexity index is 643. The van der Waals surface area contributed by atoms with E-state index in [0.29, 0.717) is 26.0 Å². The number of nitrogens with zero attached hydrogens (tertiary/aromatic N) is 2. The maximum atomic E-state index is 12.3. The van der Waals surface area contributed by atoms with Crippen LogP contribution in [0.2, 0.25) is 10.2 Å². The zero-order valence-corrected chi connectivity index (χ0v) is 13.8. The summed E-state index contributed by atoms with van der Waals surface area (Å²) in [6, 6.07) is 3.34. The number of carbonyl (C=O) groups excluding carboxylic acids is 1. The van der Waals surface area contributed by atoms with Gasteiger partial charge in [0.05, 0.1) is 21.4 Å². The molecule has 0 atom stereocenters. The Kier molecular flexibility index (Phi) is 5.07. The van der Waals surface area contributed by atoms with Crippen LogP contribution in [0.5, 0.6) is 0 Å². The first kappa shape index (κ1) is 15.4. The summed E-state index contributed by atoms with van der Waals surface area (Å²) in [6.45, 7) is 2.77. The SMILES string of the molecule is CCCn1cc(Cl)cc1C(=O)Nc1cnc(Cl)c(Br)c1. The van der Waals surface area contributed by atoms with Gasteiger partial charge in [0.1, 0.15) is 10.8 Å². The van der Waals surface area contributed by atoms with Crippen molar-refractivity contribution in [1.82, 2.24) is 9.55 Å². The topological polar surface area (TPSA) is 46.9 Å². The maximum Gasteiger partial charge on any atom is 0.272 e. The molecule has 2 heterocycles. The highest BCUT2D eigenvalue weighted by Gasteiger charge is 2.13. The summed E-state index contributed by atoms with van der Waals surface area (Å²) in [4.78, 5) is 16.2. The molecule has 0 aliphatic carbocycles. The van der Waals surface area contributed by atoms with Gasteiger partial charge in [-0.05, 0) is 34.5 Å². The fourth-order valence-corrected chi connectivity index (χ4v) is 2.45. The van der Waals surface area contributed by atoms with E-state index in [9.17, 15) is 4.79 Å². The molecule has 2 aromatic heterocycles. The molecule has 0 saturated heterocycles. The van der Waals surface area contributed by atoms with E-state index in [1.165, 1.54) is 6.20 Å². The second kappa shape index (κ2) is 6.61. The normalized spacial score (nSPS) is 10.6. The minimum Gasteiger partial charge on any atom is -0.342 e. The minimum absolute atomic E-state index is 0.235. The molecule has 0 bridgehead atoms. The molecule has 2 aromatic rings. The van der Waals surface area contributed by atoms with E-state index < -0.39 is 0 Å². The number of rotatable bonds is 4. The highest BCUT2D eigenvalue weighted by atomic mass is 79.9. The van der Waals surface area contributed by atoms with Crippen LogP contribution in [-0.4, -0.2) is 15.5 Å². The van der Waals surface area contributed by atoms with Crippen molar-refractivity contribution in [1.29, 1.82) is 0 Å². The van der Waals surface area contributed by atoms with Crippen LogP contribution in [0.25, 0.3) is 0 Å². The third-order valence-corrected chi connectivity index (χ3v) is 3.96. The fourth-order valence-electron chi connectivity index (χ4n) is 1.78. The van der Waals surface area contributed by atoms with E-state index in [-0.39, 0.29) is 5.91 Å². The highest BCUT2D eigenvalue weighted by molar-refractivity contribution is 9.10. The van der Waals surface area contributed by atoms with Crippen LogP contribution in [0, 0.1) is 0 Å². The van der Waals surface area contributed by atoms with Crippen molar-refractivity contribution in [2.75, 3.05) is 5.32 Å². The molecular formula is C13H12BrCl2N3O. The average Bonchev–Trinajstić information content (AvgIpc) is 2.75. The van der Waals surface area contributed by atoms with Gasteiger partial charge < -0.3 is 9.88 Å². The summed E-state index contributed by atoms with van der Waals surface area (Å²) in [5, 5.41) is 3.66. The average molecular weight is 377 g/mol. The van der Waals surface area contributed by atoms with E-state index in [1.54, 1.807) is 18.3 Å². The summed E-state index contributed by atoms with van der Waals surface area (Å²) in [7, 11) is 0. The van der Waals surface area contributed by atoms with Gasteiger partial charge in [0.15, 0.2) is 0 Å². The van der Waals surface area contributed by atoms with Gasteiger partial charge in [0.25, 0.3) is 5.91 Å². The highest BCUT2D eigenvalue weighted by Crippen LogP contribution is 2.23. The van der Waals surface area contributed by atoms with Crippen LogP contribution in [0.15, 0.2) is 29.0 Å². The molecule has 0 fully saturated rings. The van der Waals surface area contributed by atoms with Gasteiger partial charge in [-0.25, -0.2) is 4.98 Å². The largest absolute Gasteiger partial charge is 0.342 e. The fraction of sp³-hybridized carbons (Fsp3) is 0.231. The van der Waals surface area contributed by atoms with Gasteiger partial charge in [-0.15, -0.1) is 0 Å². The summed E-state index contributed by atoms with van der Waals surface area (Å²) in [5.41, 5.74) is 1.08. The van der Waals surface area contributed by atoms with Crippen LogP contribution in [0.3, 0.4) is 0 Å². The first-order valence-electron chi connectivity index (χ1n) is 5.99. The van der Waals surface area contributed by atoms with Gasteiger partial charge in [-0.3, -0.25) is 4.79 Å². The molecule has 0 aliphatic rings. The van der Waals surface area contributed by atoms with E-state index in [1.807, 2.05) is 11.5 Å². The number of nitrogens with one attached hydrogen (secondary N) is 1. The zero-order valence-electron chi connectivity index (χ0n) is 10.7. The zero-order chi connectivity index (χ0) is 14.7. The van der Waals surface area contributed by atoms with Crippen molar-refractivity contribution in [3.8, 4) is 0 Å². The monoisotopic (exact) mass is 375 g/mol. The number of carbonyl (C=O) groups is 1. The van der Waals surface area contributed by atoms with Gasteiger partial charge in [0.2, 0.25) is 0 Å². The van der Waals surface area contributed by atoms with Crippen molar-refractivity contribution in [3.63, 3.8) is 0 Å². The minimum atomic E-state index is -0.235. The van der Waals surface area contributed by atoms with Gasteiger partial charge in [-0.2, -0.15) is 0 Å². The van der Waals surface area contributed by atoms with Crippen LogP contribution in [0.1, 0.15) is 23.8 Å². The Morgan fingerprint density at radius 2 is 2.20 bits per heavy atom. The number of halogens is 3. The Morgan fingerprint density at radius 1 is 1.45 bits per heavy atom. The number of amides is 1. The van der Waals surface area contributed by atoms with Crippen molar-refractivity contribution in [2.24, 2.45) is 0 Å². The van der Waals surface area contributed by atoms with Crippen molar-refractivity contribution < 1.29 is 4.79 Å². The standard InChI is InChI=1S/C13H12BrCl2N3O/c1-2-3-19-7-8(15)4-11(19)13(20)18-9-5-10(14)12(16)17-6-9/h4-7H,2-3H2,1H3,(H,18,20). The molecule has 0 aliphatic heterocycles. The molecular weight excluding hydrogens is 365 g/mol. The van der Waals surface area contributed by atoms with E-state index in [2.05, 4.69) is 26.2 Å². The maximum absolute atomic E-state index is 12.3. The molecule has 4 nitrogen and oxygen atoms in total. The van der Waals surface area contributed by atoms with Crippen LogP contribution in [-0.2, 0) is 6.54 Å². The summed E-state index contributed by atoms with van der Waals surface area (Å²) < 4.78 is 2.45. The third-order valence-electron chi connectivity index (χ3n) is 2.61. The lowest BCUT2D eigenvalue weighted by molar-refractivity contribution is 0.101. The first-order chi connectivity index (χ1) is 9.51. The van der Waals surface area contributed by atoms with Gasteiger partial charge in [0, 0.05) is 12.7 Å². The summed E-state index contributed by atoms with van der Waals surface area (Å²) in [6.07, 6.45) is 4.16. The molecule has 2 rings (SSSR count). The third kappa shape index (κ3) is 3.53. The molecule has 0 spiro atoms. The second-order valence-electron chi connectivity index (χ2n) is 4.19. The number of pyridine rings is 1. The number of anilines is 1. The summed E-state index contributed by atoms with van der Waals surface area (Å²) in [5.74, 6) is -0.235. The van der Waals surface area contributed by atoms with Crippen LogP contribution >= 0.6 is 39.1 Å². The van der Waals surface area contributed by atoms with Crippen LogP contribution < -0.4 is 5.32 Å². The Morgan fingerprint density at radius 3 is 2.85 bits per heavy atom. The molecule has 0 radical (unpaired) electrons. The number of aromatic nitrogens is 2. The van der Waals surface area contributed by atoms with Gasteiger partial charge in [-0.1, -0.05) is 30.1 Å². The lowest BCUT2D eigenvalue weighted by Crippen LogP contribution is -2.16. The lowest BCUT2D eigenvalue weighted by Gasteiger charge is -2.09. The number of hydrogen-bond donors (Lipinski definition) is 1. The Balaban J connectivity index is 2.21. The number of aryl methyl sites for hydroxylation is 1. The molecule has 1 N–H and O–H groups in total. The Labute approximate surface area is 135 Å². The Hall–Kier alpha value is -1.04. The molecule has 0 aromatic carbocycles. The first-order valence-corrected chi connectivity index (χ1v) is 7.54. The molecule has 7 heteroatoms. The molecule has 0 unspecified atom stereocenters. The van der Waals surface area contributed by atoms with E-state index in [4.69, 9.17) is 23.2 Å². The predicted octanol–water partition coefficient (Wildman–Crippen LogP) is 4.61. The van der Waals surface area contributed by atoms with Crippen molar-refractivity contribution in [2.45, 2.75) is 19.9 Å². The van der Waals surface area contributed by atoms with Crippen molar-refractivity contribution in [3.05, 3.63) is 44.9 Å². The quantitative estimate of drug-likeness (QED) is 0.791. The lowest BCUT2D eigenvalue weighted by atomic mass is 10.3. The van der Waals surface area contributed by atoms with Gasteiger partial charge >= 0.3 is 0 Å². The predicted molar refractivity (Wildman–Crippen MR) is 84.6 cm³/mol. The summed E-state index contributed by atoms with van der Waals surface area (Å²) >= 11 is 15.0. The molecule has 0 saturated carbocycles. The van der Waals surface area contributed by atoms with Crippen molar-refractivity contribution >= 4 is 50.7 Å². The number of hydrogen-bond acceptors (Lipinski definition) is 2. The van der Waals surface area contributed by atoms with E-state index in [0.717, 1.165) is 13.0 Å². The molecule has 1 amide bonds. The van der Waals surface area contributed by atoms with Crippen LogP contribution in [0.4, 0.5) is 5.69 Å².